The van der Waals surface area contributed by atoms with Crippen molar-refractivity contribution in [1.82, 2.24) is 10.6 Å². The molecule has 0 saturated carbocycles. The maximum Gasteiger partial charge on any atom is 0.316 e. The summed E-state index contributed by atoms with van der Waals surface area (Å²) in [4.78, 5) is 38.1. The van der Waals surface area contributed by atoms with Crippen LogP contribution in [0.1, 0.15) is 23.6 Å². The lowest BCUT2D eigenvalue weighted by Gasteiger charge is -2.29. The van der Waals surface area contributed by atoms with Crippen LogP contribution in [0.25, 0.3) is 0 Å². The minimum Gasteiger partial charge on any atom is -0.368 e. The monoisotopic (exact) mass is 366 g/mol. The predicted molar refractivity (Wildman–Crippen MR) is 102 cm³/mol. The quantitative estimate of drug-likeness (QED) is 0.747. The van der Waals surface area contributed by atoms with E-state index in [9.17, 15) is 14.4 Å². The van der Waals surface area contributed by atoms with Gasteiger partial charge < -0.3 is 21.3 Å². The number of primary amides is 1. The van der Waals surface area contributed by atoms with Gasteiger partial charge in [0.1, 0.15) is 6.04 Å². The van der Waals surface area contributed by atoms with E-state index in [0.717, 1.165) is 24.1 Å². The van der Waals surface area contributed by atoms with Crippen LogP contribution in [0.15, 0.2) is 54.6 Å². The average Bonchev–Trinajstić information content (AvgIpc) is 2.70. The van der Waals surface area contributed by atoms with Crippen molar-refractivity contribution < 1.29 is 14.4 Å². The number of aryl methyl sites for hydroxylation is 1. The van der Waals surface area contributed by atoms with Gasteiger partial charge >= 0.3 is 6.03 Å². The second-order valence-corrected chi connectivity index (χ2v) is 6.35. The predicted octanol–water partition coefficient (Wildman–Crippen LogP) is 1.49. The van der Waals surface area contributed by atoms with E-state index >= 15 is 0 Å². The Bertz CT molecular complexity index is 838. The largest absolute Gasteiger partial charge is 0.368 e. The summed E-state index contributed by atoms with van der Waals surface area (Å²) >= 11 is 0. The van der Waals surface area contributed by atoms with Crippen molar-refractivity contribution in [3.8, 4) is 0 Å². The van der Waals surface area contributed by atoms with Crippen molar-refractivity contribution in [2.24, 2.45) is 5.73 Å². The number of nitrogens with two attached hydrogens (primary N) is 1. The molecular weight excluding hydrogens is 344 g/mol. The van der Waals surface area contributed by atoms with E-state index in [1.807, 2.05) is 24.3 Å². The molecular formula is C20H22N4O3. The van der Waals surface area contributed by atoms with Gasteiger partial charge in [-0.05, 0) is 30.0 Å². The van der Waals surface area contributed by atoms with Crippen LogP contribution in [0.3, 0.4) is 0 Å². The highest BCUT2D eigenvalue weighted by Crippen LogP contribution is 2.26. The zero-order valence-corrected chi connectivity index (χ0v) is 14.9. The first kappa shape index (κ1) is 18.4. The van der Waals surface area contributed by atoms with Crippen molar-refractivity contribution in [1.29, 1.82) is 0 Å². The van der Waals surface area contributed by atoms with Crippen LogP contribution in [-0.4, -0.2) is 30.9 Å². The molecule has 0 fully saturated rings. The smallest absolute Gasteiger partial charge is 0.316 e. The minimum absolute atomic E-state index is 0.166. The fraction of sp³-hybridized carbons (Fsp3) is 0.250. The van der Waals surface area contributed by atoms with Crippen LogP contribution < -0.4 is 21.3 Å². The zero-order chi connectivity index (χ0) is 19.2. The summed E-state index contributed by atoms with van der Waals surface area (Å²) in [6.07, 6.45) is 1.82. The number of urea groups is 1. The molecule has 0 bridgehead atoms. The number of fused-ring (bicyclic) bond motifs is 1. The third-order valence-electron chi connectivity index (χ3n) is 4.50. The maximum absolute atomic E-state index is 12.5. The lowest BCUT2D eigenvalue weighted by molar-refractivity contribution is -0.120. The second kappa shape index (κ2) is 8.35. The molecule has 1 heterocycles. The lowest BCUT2D eigenvalue weighted by atomic mass is 10.0. The molecule has 0 saturated heterocycles. The van der Waals surface area contributed by atoms with E-state index in [1.165, 1.54) is 0 Å². The summed E-state index contributed by atoms with van der Waals surface area (Å²) < 4.78 is 0. The van der Waals surface area contributed by atoms with Gasteiger partial charge in [-0.25, -0.2) is 4.79 Å². The van der Waals surface area contributed by atoms with Gasteiger partial charge in [-0.15, -0.1) is 0 Å². The number of nitrogens with one attached hydrogen (secondary N) is 2. The summed E-state index contributed by atoms with van der Waals surface area (Å²) in [7, 11) is 0. The van der Waals surface area contributed by atoms with Crippen molar-refractivity contribution in [2.45, 2.75) is 18.9 Å². The van der Waals surface area contributed by atoms with Gasteiger partial charge in [0.05, 0.1) is 6.54 Å². The zero-order valence-electron chi connectivity index (χ0n) is 14.9. The van der Waals surface area contributed by atoms with Crippen molar-refractivity contribution in [3.63, 3.8) is 0 Å². The molecule has 0 unspecified atom stereocenters. The van der Waals surface area contributed by atoms with E-state index in [-0.39, 0.29) is 12.5 Å². The van der Waals surface area contributed by atoms with E-state index in [1.54, 1.807) is 35.2 Å². The van der Waals surface area contributed by atoms with E-state index < -0.39 is 18.0 Å². The Morgan fingerprint density at radius 1 is 1.04 bits per heavy atom. The molecule has 140 valence electrons. The van der Waals surface area contributed by atoms with Gasteiger partial charge in [0.15, 0.2) is 0 Å². The lowest BCUT2D eigenvalue weighted by Crippen LogP contribution is -2.47. The maximum atomic E-state index is 12.5. The van der Waals surface area contributed by atoms with Crippen LogP contribution in [0.5, 0.6) is 0 Å². The Morgan fingerprint density at radius 2 is 1.74 bits per heavy atom. The summed E-state index contributed by atoms with van der Waals surface area (Å²) in [6.45, 7) is 0.452. The second-order valence-electron chi connectivity index (χ2n) is 6.35. The normalized spacial score (nSPS) is 14.0. The molecule has 4 N–H and O–H groups in total. The third kappa shape index (κ3) is 4.44. The van der Waals surface area contributed by atoms with Gasteiger partial charge in [0.2, 0.25) is 11.8 Å². The van der Waals surface area contributed by atoms with Gasteiger partial charge in [-0.2, -0.15) is 0 Å². The number of nitrogens with zero attached hydrogens (tertiary/aromatic N) is 1. The molecule has 2 aromatic rings. The minimum atomic E-state index is -0.961. The highest BCUT2D eigenvalue weighted by molar-refractivity contribution is 5.98. The number of rotatable bonds is 5. The summed E-state index contributed by atoms with van der Waals surface area (Å²) in [5.41, 5.74) is 7.98. The molecule has 3 rings (SSSR count). The molecule has 7 nitrogen and oxygen atoms in total. The molecule has 0 spiro atoms. The van der Waals surface area contributed by atoms with Crippen LogP contribution in [0.2, 0.25) is 0 Å². The van der Waals surface area contributed by atoms with Crippen LogP contribution in [0, 0.1) is 0 Å². The van der Waals surface area contributed by atoms with Gasteiger partial charge in [0, 0.05) is 12.2 Å². The first-order valence-corrected chi connectivity index (χ1v) is 8.83. The molecule has 0 aromatic heterocycles. The highest BCUT2D eigenvalue weighted by atomic mass is 16.2. The van der Waals surface area contributed by atoms with E-state index in [4.69, 9.17) is 5.73 Å². The van der Waals surface area contributed by atoms with Crippen LogP contribution in [-0.2, 0) is 16.0 Å². The highest BCUT2D eigenvalue weighted by Gasteiger charge is 2.24. The summed E-state index contributed by atoms with van der Waals surface area (Å²) in [5.74, 6) is -0.875. The number of para-hydroxylation sites is 1. The standard InChI is InChI=1S/C20H22N4O3/c21-19(26)18(15-8-2-1-3-9-15)23-20(27)22-13-17(25)24-12-6-10-14-7-4-5-11-16(14)24/h1-5,7-9,11,18H,6,10,12-13H2,(H2,21,26)(H2,22,23,27)/t18-/m1/s1. The van der Waals surface area contributed by atoms with Crippen molar-refractivity contribution in [3.05, 3.63) is 65.7 Å². The first-order chi connectivity index (χ1) is 13.1. The molecule has 1 aliphatic heterocycles. The molecule has 27 heavy (non-hydrogen) atoms. The number of carbonyl (C=O) groups excluding carboxylic acids is 3. The Hall–Kier alpha value is -3.35. The number of hydrogen-bond donors (Lipinski definition) is 3. The SMILES string of the molecule is NC(=O)[C@H](NC(=O)NCC(=O)N1CCCc2ccccc21)c1ccccc1. The number of anilines is 1. The third-order valence-corrected chi connectivity index (χ3v) is 4.50. The van der Waals surface area contributed by atoms with E-state index in [0.29, 0.717) is 12.1 Å². The Labute approximate surface area is 157 Å². The molecule has 7 heteroatoms. The summed E-state index contributed by atoms with van der Waals surface area (Å²) in [6, 6.07) is 14.9. The van der Waals surface area contributed by atoms with Crippen molar-refractivity contribution >= 4 is 23.5 Å². The first-order valence-electron chi connectivity index (χ1n) is 8.83. The van der Waals surface area contributed by atoms with Crippen LogP contribution in [0.4, 0.5) is 10.5 Å². The van der Waals surface area contributed by atoms with Crippen LogP contribution >= 0.6 is 0 Å². The molecule has 0 radical (unpaired) electrons. The molecule has 0 aliphatic carbocycles. The number of amides is 4. The fourth-order valence-corrected chi connectivity index (χ4v) is 3.19. The van der Waals surface area contributed by atoms with Crippen molar-refractivity contribution in [2.75, 3.05) is 18.0 Å². The Morgan fingerprint density at radius 3 is 2.48 bits per heavy atom. The Kier molecular flexibility index (Phi) is 5.71. The van der Waals surface area contributed by atoms with Gasteiger partial charge in [-0.3, -0.25) is 9.59 Å². The number of hydrogen-bond acceptors (Lipinski definition) is 3. The Balaban J connectivity index is 1.59. The molecule has 1 aliphatic rings. The number of benzene rings is 2. The summed E-state index contributed by atoms with van der Waals surface area (Å²) in [5, 5.41) is 5.03. The molecule has 1 atom stereocenters. The van der Waals surface area contributed by atoms with E-state index in [2.05, 4.69) is 10.6 Å². The van der Waals surface area contributed by atoms with Gasteiger partial charge in [-0.1, -0.05) is 48.5 Å². The fourth-order valence-electron chi connectivity index (χ4n) is 3.19. The molecule has 4 amide bonds. The average molecular weight is 366 g/mol. The number of carbonyl (C=O) groups is 3. The molecule has 2 aromatic carbocycles. The topological polar surface area (TPSA) is 105 Å². The van der Waals surface area contributed by atoms with Gasteiger partial charge in [0.25, 0.3) is 0 Å².